The van der Waals surface area contributed by atoms with Gasteiger partial charge in [0.05, 0.1) is 19.0 Å². The number of hydrogen-bond acceptors (Lipinski definition) is 13. The smallest absolute Gasteiger partial charge is 0.326 e. The van der Waals surface area contributed by atoms with Crippen molar-refractivity contribution in [2.75, 3.05) is 19.7 Å². The van der Waals surface area contributed by atoms with E-state index in [2.05, 4.69) is 46.9 Å². The average Bonchev–Trinajstić information content (AvgIpc) is 3.73. The molecule has 1 heterocycles. The molecule has 350 valence electrons. The summed E-state index contributed by atoms with van der Waals surface area (Å²) >= 11 is 0. The van der Waals surface area contributed by atoms with Crippen LogP contribution in [0.25, 0.3) is 0 Å². The maximum atomic E-state index is 14.0. The van der Waals surface area contributed by atoms with Gasteiger partial charge in [-0.25, -0.2) is 9.78 Å². The molecule has 8 atom stereocenters. The first-order chi connectivity index (χ1) is 29.2. The van der Waals surface area contributed by atoms with E-state index in [1.165, 1.54) is 12.5 Å². The number of hydrogen-bond donors (Lipinski definition) is 14. The Morgan fingerprint density at radius 3 is 1.82 bits per heavy atom. The highest BCUT2D eigenvalue weighted by Gasteiger charge is 2.35. The zero-order valence-corrected chi connectivity index (χ0v) is 35.9. The average molecular weight is 882 g/mol. The third-order valence-electron chi connectivity index (χ3n) is 9.71. The van der Waals surface area contributed by atoms with Crippen molar-refractivity contribution in [2.24, 2.45) is 39.8 Å². The predicted molar refractivity (Wildman–Crippen MR) is 225 cm³/mol. The summed E-state index contributed by atoms with van der Waals surface area (Å²) in [6.45, 7) is 6.45. The second-order valence-corrected chi connectivity index (χ2v) is 15.4. The van der Waals surface area contributed by atoms with Crippen LogP contribution in [-0.2, 0) is 44.8 Å². The van der Waals surface area contributed by atoms with Crippen molar-refractivity contribution < 1.29 is 53.7 Å². The van der Waals surface area contributed by atoms with Crippen LogP contribution in [0.4, 0.5) is 0 Å². The minimum atomic E-state index is -1.59. The third kappa shape index (κ3) is 20.6. The van der Waals surface area contributed by atoms with Gasteiger partial charge in [-0.1, -0.05) is 34.1 Å². The SMILES string of the molecule is CC[C@H](C)[C@H](NC(=O)[C@H](CO)NC(=O)[C@H](CC(C)C)NC(=O)[C@H](Cc1cnc[nH]1)NC(=O)[C@H](CCC(=O)O)NC(=O)[C@H](CCCCN)NC(=O)[C@@H](N)CCCN=C(N)N)C(=O)O. The molecule has 0 aliphatic rings. The number of unbranched alkanes of at least 4 members (excludes halogenated alkanes) is 1. The monoisotopic (exact) mass is 882 g/mol. The van der Waals surface area contributed by atoms with E-state index in [4.69, 9.17) is 22.9 Å². The largest absolute Gasteiger partial charge is 0.481 e. The third-order valence-corrected chi connectivity index (χ3v) is 9.71. The van der Waals surface area contributed by atoms with Crippen molar-refractivity contribution in [2.45, 2.75) is 134 Å². The Balaban J connectivity index is 3.37. The number of guanidine groups is 1. The Morgan fingerprint density at radius 2 is 1.29 bits per heavy atom. The van der Waals surface area contributed by atoms with Gasteiger partial charge in [0, 0.05) is 31.3 Å². The zero-order chi connectivity index (χ0) is 46.9. The van der Waals surface area contributed by atoms with Crippen LogP contribution in [0.1, 0.15) is 91.2 Å². The second kappa shape index (κ2) is 28.6. The molecule has 0 aliphatic heterocycles. The van der Waals surface area contributed by atoms with Gasteiger partial charge in [-0.2, -0.15) is 0 Å². The van der Waals surface area contributed by atoms with Gasteiger partial charge in [-0.3, -0.25) is 38.6 Å². The number of aliphatic hydroxyl groups excluding tert-OH is 1. The van der Waals surface area contributed by atoms with Gasteiger partial charge < -0.3 is 75.1 Å². The molecule has 0 fully saturated rings. The van der Waals surface area contributed by atoms with E-state index in [1.54, 1.807) is 27.7 Å². The fraction of sp³-hybridized carbons (Fsp3) is 0.684. The highest BCUT2D eigenvalue weighted by atomic mass is 16.4. The van der Waals surface area contributed by atoms with Crippen LogP contribution in [0.5, 0.6) is 0 Å². The first-order valence-electron chi connectivity index (χ1n) is 20.6. The molecule has 0 radical (unpaired) electrons. The lowest BCUT2D eigenvalue weighted by atomic mass is 9.99. The Labute approximate surface area is 360 Å². The van der Waals surface area contributed by atoms with Crippen LogP contribution in [-0.4, -0.2) is 141 Å². The Kier molecular flexibility index (Phi) is 25.0. The van der Waals surface area contributed by atoms with Gasteiger partial charge in [-0.15, -0.1) is 0 Å². The van der Waals surface area contributed by atoms with E-state index in [0.29, 0.717) is 37.9 Å². The van der Waals surface area contributed by atoms with Crippen LogP contribution in [0.3, 0.4) is 0 Å². The number of carbonyl (C=O) groups is 8. The van der Waals surface area contributed by atoms with E-state index in [0.717, 1.165) is 0 Å². The quantitative estimate of drug-likeness (QED) is 0.0195. The van der Waals surface area contributed by atoms with E-state index in [-0.39, 0.29) is 44.1 Å². The normalized spacial score (nSPS) is 15.0. The first-order valence-corrected chi connectivity index (χ1v) is 20.6. The summed E-state index contributed by atoms with van der Waals surface area (Å²) < 4.78 is 0. The van der Waals surface area contributed by atoms with Gasteiger partial charge in [0.15, 0.2) is 5.96 Å². The van der Waals surface area contributed by atoms with Crippen LogP contribution < -0.4 is 54.8 Å². The summed E-state index contributed by atoms with van der Waals surface area (Å²) in [6.07, 6.45) is 3.39. The highest BCUT2D eigenvalue weighted by molar-refractivity contribution is 5.97. The van der Waals surface area contributed by atoms with Gasteiger partial charge in [0.2, 0.25) is 35.4 Å². The summed E-state index contributed by atoms with van der Waals surface area (Å²) in [5.41, 5.74) is 22.7. The van der Waals surface area contributed by atoms with Gasteiger partial charge in [0.25, 0.3) is 0 Å². The molecule has 62 heavy (non-hydrogen) atoms. The molecule has 1 aromatic heterocycles. The van der Waals surface area contributed by atoms with Gasteiger partial charge in [-0.05, 0) is 63.3 Å². The molecule has 1 aromatic rings. The lowest BCUT2D eigenvalue weighted by molar-refractivity contribution is -0.144. The molecule has 1 rings (SSSR count). The molecule has 0 spiro atoms. The standard InChI is InChI=1S/C38H67N13O11/c1-5-21(4)30(37(61)62)51-36(60)28(18-52)50-34(58)26(15-20(2)3)48-35(59)27(16-22-17-43-19-45-22)49-33(57)25(11-12-29(53)54)47-32(56)24(10-6-7-13-39)46-31(55)23(40)9-8-14-44-38(41)42/h17,19-21,23-28,30,52H,5-16,18,39-40H2,1-4H3,(H,43,45)(H,46,55)(H,47,56)(H,48,59)(H,49,57)(H,50,58)(H,51,60)(H,53,54)(H,61,62)(H4,41,42,44)/t21-,23-,24-,25-,26-,27-,28-,30-/m0/s1. The summed E-state index contributed by atoms with van der Waals surface area (Å²) in [5.74, 6) is -8.67. The second-order valence-electron chi connectivity index (χ2n) is 15.4. The summed E-state index contributed by atoms with van der Waals surface area (Å²) in [7, 11) is 0. The number of aliphatic carboxylic acids is 2. The number of aromatic amines is 1. The number of aliphatic hydroxyl groups is 1. The number of carboxylic acids is 2. The van der Waals surface area contributed by atoms with Crippen LogP contribution >= 0.6 is 0 Å². The number of nitrogens with two attached hydrogens (primary N) is 4. The summed E-state index contributed by atoms with van der Waals surface area (Å²) in [5, 5.41) is 44.0. The molecule has 24 nitrogen and oxygen atoms in total. The maximum absolute atomic E-state index is 14.0. The van der Waals surface area contributed by atoms with Gasteiger partial charge in [0.1, 0.15) is 36.3 Å². The number of aliphatic imine (C=N–C) groups is 1. The van der Waals surface area contributed by atoms with E-state index < -0.39 is 115 Å². The molecule has 0 saturated heterocycles. The predicted octanol–water partition coefficient (Wildman–Crippen LogP) is -3.60. The van der Waals surface area contributed by atoms with Crippen molar-refractivity contribution in [3.8, 4) is 0 Å². The number of carbonyl (C=O) groups excluding carboxylic acids is 6. The topological polar surface area (TPSA) is 415 Å². The number of nitrogens with zero attached hydrogens (tertiary/aromatic N) is 2. The van der Waals surface area contributed by atoms with Crippen molar-refractivity contribution in [1.82, 2.24) is 41.9 Å². The molecule has 0 bridgehead atoms. The number of amides is 6. The van der Waals surface area contributed by atoms with Crippen molar-refractivity contribution in [3.05, 3.63) is 18.2 Å². The zero-order valence-electron chi connectivity index (χ0n) is 35.9. The number of rotatable bonds is 31. The molecular formula is C38H67N13O11. The van der Waals surface area contributed by atoms with Crippen LogP contribution in [0.15, 0.2) is 17.5 Å². The number of carboxylic acid groups (broad SMARTS) is 2. The molecule has 24 heteroatoms. The van der Waals surface area contributed by atoms with E-state index in [9.17, 15) is 53.7 Å². The van der Waals surface area contributed by atoms with Crippen molar-refractivity contribution >= 4 is 53.3 Å². The Morgan fingerprint density at radius 1 is 0.742 bits per heavy atom. The van der Waals surface area contributed by atoms with Gasteiger partial charge >= 0.3 is 11.9 Å². The molecule has 0 aromatic carbocycles. The first kappa shape index (κ1) is 54.1. The van der Waals surface area contributed by atoms with Crippen molar-refractivity contribution in [3.63, 3.8) is 0 Å². The maximum Gasteiger partial charge on any atom is 0.326 e. The number of imidazole rings is 1. The number of nitrogens with one attached hydrogen (secondary N) is 7. The Bertz CT molecular complexity index is 1640. The Hall–Kier alpha value is -5.88. The molecule has 18 N–H and O–H groups in total. The van der Waals surface area contributed by atoms with E-state index >= 15 is 0 Å². The minimum Gasteiger partial charge on any atom is -0.481 e. The van der Waals surface area contributed by atoms with Crippen LogP contribution in [0, 0.1) is 11.8 Å². The van der Waals surface area contributed by atoms with Crippen molar-refractivity contribution in [1.29, 1.82) is 0 Å². The molecule has 6 amide bonds. The van der Waals surface area contributed by atoms with E-state index in [1.807, 2.05) is 0 Å². The molecule has 0 unspecified atom stereocenters. The fourth-order valence-electron chi connectivity index (χ4n) is 5.98. The molecule has 0 saturated carbocycles. The van der Waals surface area contributed by atoms with Crippen LogP contribution in [0.2, 0.25) is 0 Å². The minimum absolute atomic E-state index is 0.0150. The lowest BCUT2D eigenvalue weighted by Gasteiger charge is -2.28. The number of H-pyrrole nitrogens is 1. The summed E-state index contributed by atoms with van der Waals surface area (Å²) in [4.78, 5) is 115. The number of aromatic nitrogens is 2. The highest BCUT2D eigenvalue weighted by Crippen LogP contribution is 2.11. The molecular weight excluding hydrogens is 814 g/mol. The molecule has 0 aliphatic carbocycles. The summed E-state index contributed by atoms with van der Waals surface area (Å²) in [6, 6.07) is -9.50. The fourth-order valence-corrected chi connectivity index (χ4v) is 5.98. The lowest BCUT2D eigenvalue weighted by Crippen LogP contribution is -2.60.